The molecule has 0 N–H and O–H groups in total. The average molecular weight is 345 g/mol. The summed E-state index contributed by atoms with van der Waals surface area (Å²) in [6.07, 6.45) is 7.42. The van der Waals surface area contributed by atoms with Crippen LogP contribution in [0.15, 0.2) is 24.5 Å². The number of hydrogen-bond donors (Lipinski definition) is 0. The van der Waals surface area contributed by atoms with Crippen molar-refractivity contribution >= 4 is 11.8 Å². The second-order valence-corrected chi connectivity index (χ2v) is 6.97. The molecule has 1 atom stereocenters. The Bertz CT molecular complexity index is 579. The van der Waals surface area contributed by atoms with Gasteiger partial charge in [0.1, 0.15) is 6.10 Å². The molecule has 1 aromatic heterocycles. The summed E-state index contributed by atoms with van der Waals surface area (Å²) in [5, 5.41) is 0. The van der Waals surface area contributed by atoms with Gasteiger partial charge in [0.25, 0.3) is 5.91 Å². The van der Waals surface area contributed by atoms with Gasteiger partial charge < -0.3 is 14.5 Å². The number of aromatic nitrogens is 1. The van der Waals surface area contributed by atoms with Gasteiger partial charge in [0.2, 0.25) is 5.91 Å². The lowest BCUT2D eigenvalue weighted by molar-refractivity contribution is -0.145. The van der Waals surface area contributed by atoms with Crippen LogP contribution < -0.4 is 0 Å². The summed E-state index contributed by atoms with van der Waals surface area (Å²) in [5.74, 6) is 0.323. The average Bonchev–Trinajstić information content (AvgIpc) is 3.20. The number of carbonyl (C=O) groups is 2. The number of amides is 2. The van der Waals surface area contributed by atoms with Crippen LogP contribution in [0.1, 0.15) is 31.2 Å². The van der Waals surface area contributed by atoms with Crippen molar-refractivity contribution in [2.75, 3.05) is 33.3 Å². The maximum Gasteiger partial charge on any atom is 0.251 e. The Hall–Kier alpha value is -1.95. The molecule has 6 nitrogen and oxygen atoms in total. The van der Waals surface area contributed by atoms with Crippen LogP contribution in [-0.2, 0) is 20.7 Å². The third-order valence-electron chi connectivity index (χ3n) is 5.22. The molecule has 0 aromatic carbocycles. The number of likely N-dealkylation sites (tertiary alicyclic amines) is 1. The number of likely N-dealkylation sites (N-methyl/N-ethyl adjacent to an activating group) is 1. The lowest BCUT2D eigenvalue weighted by Gasteiger charge is -2.34. The molecule has 0 bridgehead atoms. The summed E-state index contributed by atoms with van der Waals surface area (Å²) < 4.78 is 5.48. The predicted molar refractivity (Wildman–Crippen MR) is 93.9 cm³/mol. The van der Waals surface area contributed by atoms with Crippen LogP contribution in [0.5, 0.6) is 0 Å². The normalized spacial score (nSPS) is 21.3. The zero-order chi connectivity index (χ0) is 17.6. The first-order valence-corrected chi connectivity index (χ1v) is 9.19. The molecule has 2 saturated heterocycles. The minimum Gasteiger partial charge on any atom is -0.368 e. The van der Waals surface area contributed by atoms with E-state index in [2.05, 4.69) is 4.98 Å². The van der Waals surface area contributed by atoms with E-state index in [1.807, 2.05) is 29.0 Å². The monoisotopic (exact) mass is 345 g/mol. The fraction of sp³-hybridized carbons (Fsp3) is 0.632. The third-order valence-corrected chi connectivity index (χ3v) is 5.22. The van der Waals surface area contributed by atoms with Crippen LogP contribution in [0.25, 0.3) is 0 Å². The van der Waals surface area contributed by atoms with Crippen LogP contribution in [-0.4, -0.2) is 66.0 Å². The quantitative estimate of drug-likeness (QED) is 0.811. The van der Waals surface area contributed by atoms with Gasteiger partial charge >= 0.3 is 0 Å². The smallest absolute Gasteiger partial charge is 0.251 e. The van der Waals surface area contributed by atoms with Crippen molar-refractivity contribution < 1.29 is 14.3 Å². The largest absolute Gasteiger partial charge is 0.368 e. The molecule has 0 aliphatic carbocycles. The number of carbonyl (C=O) groups excluding carboxylic acids is 2. The topological polar surface area (TPSA) is 62.7 Å². The Morgan fingerprint density at radius 2 is 1.96 bits per heavy atom. The second-order valence-electron chi connectivity index (χ2n) is 6.97. The fourth-order valence-electron chi connectivity index (χ4n) is 3.59. The fourth-order valence-corrected chi connectivity index (χ4v) is 3.59. The number of hydrogen-bond acceptors (Lipinski definition) is 4. The molecule has 0 saturated carbocycles. The Kier molecular flexibility index (Phi) is 6.02. The number of piperidine rings is 1. The van der Waals surface area contributed by atoms with Gasteiger partial charge in [-0.25, -0.2) is 0 Å². The van der Waals surface area contributed by atoms with Gasteiger partial charge in [0.05, 0.1) is 0 Å². The molecule has 3 rings (SSSR count). The molecular formula is C19H27N3O3. The van der Waals surface area contributed by atoms with E-state index in [4.69, 9.17) is 4.74 Å². The Morgan fingerprint density at radius 1 is 1.24 bits per heavy atom. The van der Waals surface area contributed by atoms with Gasteiger partial charge in [-0.2, -0.15) is 0 Å². The molecule has 1 unspecified atom stereocenters. The number of rotatable bonds is 5. The van der Waals surface area contributed by atoms with Gasteiger partial charge in [-0.1, -0.05) is 0 Å². The van der Waals surface area contributed by atoms with E-state index in [1.54, 1.807) is 12.4 Å². The van der Waals surface area contributed by atoms with Gasteiger partial charge in [-0.15, -0.1) is 0 Å². The van der Waals surface area contributed by atoms with Gasteiger partial charge in [-0.3, -0.25) is 14.6 Å². The van der Waals surface area contributed by atoms with Gasteiger partial charge in [0.15, 0.2) is 0 Å². The van der Waals surface area contributed by atoms with Crippen molar-refractivity contribution in [2.45, 2.75) is 38.2 Å². The van der Waals surface area contributed by atoms with E-state index in [0.717, 1.165) is 32.1 Å². The van der Waals surface area contributed by atoms with Crippen LogP contribution in [0.4, 0.5) is 0 Å². The second kappa shape index (κ2) is 8.43. The summed E-state index contributed by atoms with van der Waals surface area (Å²) in [6.45, 7) is 2.71. The van der Waals surface area contributed by atoms with Crippen molar-refractivity contribution in [2.24, 2.45) is 5.92 Å². The Balaban J connectivity index is 1.43. The lowest BCUT2D eigenvalue weighted by atomic mass is 9.94. The molecule has 1 aromatic rings. The van der Waals surface area contributed by atoms with Crippen molar-refractivity contribution in [3.05, 3.63) is 30.1 Å². The third kappa shape index (κ3) is 4.57. The standard InChI is InChI=1S/C19H27N3O3/c1-21(11-6-15-4-9-20-10-5-15)18(23)16-7-12-22(13-8-16)19(24)17-3-2-14-25-17/h4-5,9-10,16-17H,2-3,6-8,11-14H2,1H3. The molecule has 2 fully saturated rings. The van der Waals surface area contributed by atoms with E-state index in [-0.39, 0.29) is 23.8 Å². The highest BCUT2D eigenvalue weighted by molar-refractivity contribution is 5.82. The van der Waals surface area contributed by atoms with Crippen molar-refractivity contribution in [1.82, 2.24) is 14.8 Å². The van der Waals surface area contributed by atoms with E-state index >= 15 is 0 Å². The maximum absolute atomic E-state index is 12.6. The van der Waals surface area contributed by atoms with Crippen LogP contribution in [0, 0.1) is 5.92 Å². The summed E-state index contributed by atoms with van der Waals surface area (Å²) in [6, 6.07) is 3.96. The molecule has 6 heteroatoms. The molecule has 25 heavy (non-hydrogen) atoms. The van der Waals surface area contributed by atoms with Crippen molar-refractivity contribution in [1.29, 1.82) is 0 Å². The Labute approximate surface area is 149 Å². The summed E-state index contributed by atoms with van der Waals surface area (Å²) in [7, 11) is 1.87. The number of pyridine rings is 1. The molecular weight excluding hydrogens is 318 g/mol. The molecule has 136 valence electrons. The summed E-state index contributed by atoms with van der Waals surface area (Å²) in [4.78, 5) is 32.7. The van der Waals surface area contributed by atoms with E-state index < -0.39 is 0 Å². The minimum absolute atomic E-state index is 0.0241. The first-order valence-electron chi connectivity index (χ1n) is 9.19. The van der Waals surface area contributed by atoms with Gasteiger partial charge in [-0.05, 0) is 49.8 Å². The number of ether oxygens (including phenoxy) is 1. The zero-order valence-corrected chi connectivity index (χ0v) is 14.9. The van der Waals surface area contributed by atoms with Crippen molar-refractivity contribution in [3.63, 3.8) is 0 Å². The predicted octanol–water partition coefficient (Wildman–Crippen LogP) is 1.50. The minimum atomic E-state index is -0.254. The molecule has 2 aliphatic rings. The van der Waals surface area contributed by atoms with Gasteiger partial charge in [0, 0.05) is 51.6 Å². The first-order chi connectivity index (χ1) is 12.1. The highest BCUT2D eigenvalue weighted by Crippen LogP contribution is 2.22. The van der Waals surface area contributed by atoms with E-state index in [9.17, 15) is 9.59 Å². The highest BCUT2D eigenvalue weighted by Gasteiger charge is 2.33. The van der Waals surface area contributed by atoms with Crippen LogP contribution in [0.2, 0.25) is 0 Å². The lowest BCUT2D eigenvalue weighted by Crippen LogP contribution is -2.46. The summed E-state index contributed by atoms with van der Waals surface area (Å²) in [5.41, 5.74) is 1.19. The summed E-state index contributed by atoms with van der Waals surface area (Å²) >= 11 is 0. The first kappa shape index (κ1) is 17.9. The molecule has 3 heterocycles. The molecule has 2 aliphatic heterocycles. The van der Waals surface area contributed by atoms with Crippen LogP contribution in [0.3, 0.4) is 0 Å². The number of nitrogens with zero attached hydrogens (tertiary/aromatic N) is 3. The maximum atomic E-state index is 12.6. The molecule has 0 radical (unpaired) electrons. The van der Waals surface area contributed by atoms with E-state index in [0.29, 0.717) is 26.2 Å². The zero-order valence-electron chi connectivity index (χ0n) is 14.9. The molecule has 2 amide bonds. The Morgan fingerprint density at radius 3 is 2.60 bits per heavy atom. The molecule has 0 spiro atoms. The van der Waals surface area contributed by atoms with Crippen LogP contribution >= 0.6 is 0 Å². The van der Waals surface area contributed by atoms with E-state index in [1.165, 1.54) is 5.56 Å². The SMILES string of the molecule is CN(CCc1ccncc1)C(=O)C1CCN(C(=O)C2CCCO2)CC1. The highest BCUT2D eigenvalue weighted by atomic mass is 16.5. The van der Waals surface area contributed by atoms with Crippen molar-refractivity contribution in [3.8, 4) is 0 Å².